The van der Waals surface area contributed by atoms with E-state index < -0.39 is 11.7 Å². The first-order chi connectivity index (χ1) is 10.0. The molecule has 7 nitrogen and oxygen atoms in total. The Balaban J connectivity index is 2.13. The molecular formula is C12H15FN6OS. The second-order valence-corrected chi connectivity index (χ2v) is 5.78. The zero-order valence-electron chi connectivity index (χ0n) is 11.6. The van der Waals surface area contributed by atoms with Crippen molar-refractivity contribution in [1.82, 2.24) is 15.2 Å². The average molecular weight is 310 g/mol. The number of carbonyl (C=O) groups excluding carboxylic acids is 1. The molecule has 0 aliphatic carbocycles. The number of halogens is 1. The van der Waals surface area contributed by atoms with Crippen LogP contribution in [0.15, 0.2) is 12.3 Å². The molecule has 2 rings (SSSR count). The molecule has 0 aromatic carbocycles. The van der Waals surface area contributed by atoms with E-state index >= 15 is 0 Å². The van der Waals surface area contributed by atoms with Crippen LogP contribution in [0.3, 0.4) is 0 Å². The van der Waals surface area contributed by atoms with E-state index in [1.165, 1.54) is 23.6 Å². The van der Waals surface area contributed by atoms with E-state index in [-0.39, 0.29) is 11.4 Å². The van der Waals surface area contributed by atoms with E-state index in [0.717, 1.165) is 11.4 Å². The molecule has 0 fully saturated rings. The van der Waals surface area contributed by atoms with Crippen LogP contribution in [0, 0.1) is 11.7 Å². The molecule has 9 heteroatoms. The highest BCUT2D eigenvalue weighted by atomic mass is 32.1. The van der Waals surface area contributed by atoms with Crippen LogP contribution in [-0.2, 0) is 6.42 Å². The molecule has 112 valence electrons. The van der Waals surface area contributed by atoms with Crippen molar-refractivity contribution in [2.75, 3.05) is 10.7 Å². The average Bonchev–Trinajstić information content (AvgIpc) is 2.85. The molecule has 21 heavy (non-hydrogen) atoms. The van der Waals surface area contributed by atoms with Crippen molar-refractivity contribution in [2.24, 2.45) is 11.8 Å². The third-order valence-corrected chi connectivity index (χ3v) is 3.40. The van der Waals surface area contributed by atoms with Crippen molar-refractivity contribution in [3.05, 3.63) is 28.7 Å². The van der Waals surface area contributed by atoms with E-state index in [1.807, 2.05) is 0 Å². The van der Waals surface area contributed by atoms with Crippen molar-refractivity contribution >= 4 is 28.2 Å². The molecule has 0 atom stereocenters. The van der Waals surface area contributed by atoms with Crippen LogP contribution < -0.4 is 16.6 Å². The van der Waals surface area contributed by atoms with E-state index in [4.69, 9.17) is 5.84 Å². The second-order valence-electron chi connectivity index (χ2n) is 4.72. The third-order valence-electron chi connectivity index (χ3n) is 2.54. The number of amides is 1. The Morgan fingerprint density at radius 3 is 2.90 bits per heavy atom. The van der Waals surface area contributed by atoms with Gasteiger partial charge in [0.15, 0.2) is 11.6 Å². The molecule has 0 spiro atoms. The topological polar surface area (TPSA) is 106 Å². The van der Waals surface area contributed by atoms with Gasteiger partial charge in [0.2, 0.25) is 5.13 Å². The minimum atomic E-state index is -0.815. The van der Waals surface area contributed by atoms with Gasteiger partial charge in [-0.1, -0.05) is 25.2 Å². The summed E-state index contributed by atoms with van der Waals surface area (Å²) in [5.74, 6) is 3.92. The lowest BCUT2D eigenvalue weighted by atomic mass is 10.1. The van der Waals surface area contributed by atoms with Gasteiger partial charge in [-0.25, -0.2) is 15.2 Å². The number of pyridine rings is 1. The zero-order chi connectivity index (χ0) is 15.4. The number of nitrogen functional groups attached to an aromatic ring is 1. The maximum atomic E-state index is 13.9. The monoisotopic (exact) mass is 310 g/mol. The van der Waals surface area contributed by atoms with Gasteiger partial charge in [-0.15, -0.1) is 10.2 Å². The van der Waals surface area contributed by atoms with Gasteiger partial charge in [0.05, 0.1) is 5.56 Å². The van der Waals surface area contributed by atoms with Gasteiger partial charge in [0.25, 0.3) is 5.91 Å². The first-order valence-electron chi connectivity index (χ1n) is 6.26. The molecule has 2 aromatic heterocycles. The summed E-state index contributed by atoms with van der Waals surface area (Å²) in [5, 5.41) is 11.5. The predicted octanol–water partition coefficient (Wildman–Crippen LogP) is 1.81. The third kappa shape index (κ3) is 3.70. The van der Waals surface area contributed by atoms with Crippen molar-refractivity contribution in [3.8, 4) is 0 Å². The number of hydrogen-bond acceptors (Lipinski definition) is 7. The maximum absolute atomic E-state index is 13.9. The fraction of sp³-hybridized carbons (Fsp3) is 0.333. The molecule has 2 heterocycles. The molecule has 0 aliphatic rings. The number of nitrogens with one attached hydrogen (secondary N) is 2. The number of carbonyl (C=O) groups is 1. The molecule has 0 saturated carbocycles. The molecule has 4 N–H and O–H groups in total. The Morgan fingerprint density at radius 2 is 2.24 bits per heavy atom. The Morgan fingerprint density at radius 1 is 1.48 bits per heavy atom. The SMILES string of the molecule is CC(C)Cc1nnc(NC(=O)c2ccnc(NN)c2F)s1. The van der Waals surface area contributed by atoms with Crippen LogP contribution in [0.5, 0.6) is 0 Å². The van der Waals surface area contributed by atoms with Gasteiger partial charge < -0.3 is 5.43 Å². The van der Waals surface area contributed by atoms with Crippen LogP contribution in [0.2, 0.25) is 0 Å². The maximum Gasteiger partial charge on any atom is 0.260 e. The lowest BCUT2D eigenvalue weighted by Crippen LogP contribution is -2.17. The summed E-state index contributed by atoms with van der Waals surface area (Å²) in [6.07, 6.45) is 2.07. The Labute approximate surface area is 124 Å². The summed E-state index contributed by atoms with van der Waals surface area (Å²) in [7, 11) is 0. The minimum Gasteiger partial charge on any atom is -0.306 e. The van der Waals surface area contributed by atoms with E-state index in [2.05, 4.69) is 39.8 Å². The molecular weight excluding hydrogens is 295 g/mol. The highest BCUT2D eigenvalue weighted by Gasteiger charge is 2.17. The molecule has 0 saturated heterocycles. The second kappa shape index (κ2) is 6.55. The zero-order valence-corrected chi connectivity index (χ0v) is 12.4. The molecule has 0 bridgehead atoms. The summed E-state index contributed by atoms with van der Waals surface area (Å²) >= 11 is 1.27. The lowest BCUT2D eigenvalue weighted by Gasteiger charge is -2.05. The number of nitrogens with zero attached hydrogens (tertiary/aromatic N) is 3. The van der Waals surface area contributed by atoms with Gasteiger partial charge in [-0.05, 0) is 12.0 Å². The lowest BCUT2D eigenvalue weighted by molar-refractivity contribution is 0.102. The van der Waals surface area contributed by atoms with Crippen LogP contribution in [0.25, 0.3) is 0 Å². The van der Waals surface area contributed by atoms with Crippen LogP contribution >= 0.6 is 11.3 Å². The van der Waals surface area contributed by atoms with E-state index in [1.54, 1.807) is 0 Å². The fourth-order valence-corrected chi connectivity index (χ4v) is 2.57. The molecule has 0 aliphatic heterocycles. The molecule has 2 aromatic rings. The normalized spacial score (nSPS) is 10.7. The summed E-state index contributed by atoms with van der Waals surface area (Å²) in [6.45, 7) is 4.13. The predicted molar refractivity (Wildman–Crippen MR) is 78.4 cm³/mol. The summed E-state index contributed by atoms with van der Waals surface area (Å²) < 4.78 is 13.9. The van der Waals surface area contributed by atoms with Gasteiger partial charge >= 0.3 is 0 Å². The van der Waals surface area contributed by atoms with E-state index in [0.29, 0.717) is 11.0 Å². The van der Waals surface area contributed by atoms with Gasteiger partial charge in [-0.2, -0.15) is 0 Å². The number of nitrogens with two attached hydrogens (primary N) is 1. The van der Waals surface area contributed by atoms with Crippen LogP contribution in [0.1, 0.15) is 29.2 Å². The van der Waals surface area contributed by atoms with Gasteiger partial charge in [0, 0.05) is 12.6 Å². The standard InChI is InChI=1S/C12H15FN6OS/c1-6(2)5-8-18-19-12(21-8)16-11(20)7-3-4-15-10(17-14)9(7)13/h3-4,6H,5,14H2,1-2H3,(H,15,17)(H,16,19,20). The number of rotatable bonds is 5. The Bertz CT molecular complexity index is 644. The first kappa shape index (κ1) is 15.3. The Hall–Kier alpha value is -2.13. The first-order valence-corrected chi connectivity index (χ1v) is 7.07. The molecule has 1 amide bonds. The molecule has 0 radical (unpaired) electrons. The fourth-order valence-electron chi connectivity index (χ4n) is 1.62. The van der Waals surface area contributed by atoms with Crippen molar-refractivity contribution in [3.63, 3.8) is 0 Å². The van der Waals surface area contributed by atoms with Crippen molar-refractivity contribution in [1.29, 1.82) is 0 Å². The number of hydrazine groups is 1. The smallest absolute Gasteiger partial charge is 0.260 e. The van der Waals surface area contributed by atoms with Crippen LogP contribution in [-0.4, -0.2) is 21.1 Å². The van der Waals surface area contributed by atoms with Crippen molar-refractivity contribution < 1.29 is 9.18 Å². The quantitative estimate of drug-likeness (QED) is 0.574. The highest BCUT2D eigenvalue weighted by molar-refractivity contribution is 7.15. The summed E-state index contributed by atoms with van der Waals surface area (Å²) in [5.41, 5.74) is 1.92. The van der Waals surface area contributed by atoms with Crippen LogP contribution in [0.4, 0.5) is 15.3 Å². The van der Waals surface area contributed by atoms with Gasteiger partial charge in [-0.3, -0.25) is 10.1 Å². The largest absolute Gasteiger partial charge is 0.306 e. The van der Waals surface area contributed by atoms with E-state index in [9.17, 15) is 9.18 Å². The van der Waals surface area contributed by atoms with Gasteiger partial charge in [0.1, 0.15) is 5.01 Å². The number of hydrogen-bond donors (Lipinski definition) is 3. The summed E-state index contributed by atoms with van der Waals surface area (Å²) in [6, 6.07) is 1.27. The minimum absolute atomic E-state index is 0.168. The highest BCUT2D eigenvalue weighted by Crippen LogP contribution is 2.20. The Kier molecular flexibility index (Phi) is 4.76. The number of anilines is 2. The number of aromatic nitrogens is 3. The molecule has 0 unspecified atom stereocenters. The van der Waals surface area contributed by atoms with Crippen molar-refractivity contribution in [2.45, 2.75) is 20.3 Å². The summed E-state index contributed by atoms with van der Waals surface area (Å²) in [4.78, 5) is 15.7.